The van der Waals surface area contributed by atoms with Gasteiger partial charge in [0.25, 0.3) is 0 Å². The van der Waals surface area contributed by atoms with E-state index >= 15 is 0 Å². The molecule has 0 saturated carbocycles. The number of carbonyl (C=O) groups excluding carboxylic acids is 1. The molecule has 9 atom stereocenters. The first kappa shape index (κ1) is 42.3. The van der Waals surface area contributed by atoms with Crippen LogP contribution in [0, 0.1) is 0 Å². The van der Waals surface area contributed by atoms with Gasteiger partial charge in [-0.05, 0) is 39.5 Å². The molecule has 0 spiro atoms. The molecule has 0 aromatic rings. The van der Waals surface area contributed by atoms with E-state index in [1.54, 1.807) is 0 Å². The van der Waals surface area contributed by atoms with E-state index < -0.39 is 37.3 Å². The molecule has 10 nitrogen and oxygen atoms in total. The molecule has 1 rings (SSSR count). The lowest BCUT2D eigenvalue weighted by molar-refractivity contribution is -0.312. The number of hydrogen-bond acceptors (Lipinski definition) is 10. The van der Waals surface area contributed by atoms with Gasteiger partial charge in [-0.2, -0.15) is 0 Å². The summed E-state index contributed by atoms with van der Waals surface area (Å²) in [5, 5.41) is 49.2. The molecule has 10 heteroatoms. The van der Waals surface area contributed by atoms with E-state index in [4.69, 9.17) is 20.9 Å². The minimum atomic E-state index is -1.45. The minimum Gasteiger partial charge on any atom is -0.394 e. The van der Waals surface area contributed by atoms with Gasteiger partial charge in [0, 0.05) is 24.9 Å². The highest BCUT2D eigenvalue weighted by Crippen LogP contribution is 2.25. The SMILES string of the molecule is C[C@@H](N)[C@H](O)CCCCCCCCC(=O)CCCCCCCCCCCCCC[C@@H](O[C@@H]1O[C@H](CO)[C@H](O)[C@H](O)[C@H]1O)[C@@H](C)N. The molecule has 0 radical (unpaired) electrons. The highest BCUT2D eigenvalue weighted by molar-refractivity contribution is 5.78. The Morgan fingerprint density at radius 3 is 1.49 bits per heavy atom. The van der Waals surface area contributed by atoms with Crippen LogP contribution in [0.25, 0.3) is 0 Å². The Morgan fingerprint density at radius 2 is 1.07 bits per heavy atom. The zero-order valence-corrected chi connectivity index (χ0v) is 28.6. The summed E-state index contributed by atoms with van der Waals surface area (Å²) in [5.74, 6) is 0.421. The number of hydrogen-bond donors (Lipinski definition) is 7. The Hall–Kier alpha value is -0.690. The Balaban J connectivity index is 1.92. The Labute approximate surface area is 273 Å². The summed E-state index contributed by atoms with van der Waals surface area (Å²) in [6, 6.07) is -0.437. The summed E-state index contributed by atoms with van der Waals surface area (Å²) in [7, 11) is 0. The van der Waals surface area contributed by atoms with Crippen LogP contribution in [0.2, 0.25) is 0 Å². The number of Topliss-reactive ketones (excluding diaryl/α,β-unsaturated/α-hetero) is 1. The summed E-state index contributed by atoms with van der Waals surface area (Å²) in [6.07, 6.45) is 16.5. The van der Waals surface area contributed by atoms with Gasteiger partial charge in [-0.3, -0.25) is 4.79 Å². The van der Waals surface area contributed by atoms with Crippen molar-refractivity contribution in [3.63, 3.8) is 0 Å². The average Bonchev–Trinajstić information content (AvgIpc) is 3.01. The topological polar surface area (TPSA) is 189 Å². The predicted molar refractivity (Wildman–Crippen MR) is 179 cm³/mol. The van der Waals surface area contributed by atoms with Gasteiger partial charge >= 0.3 is 0 Å². The van der Waals surface area contributed by atoms with E-state index in [1.165, 1.54) is 57.8 Å². The van der Waals surface area contributed by atoms with E-state index in [9.17, 15) is 30.3 Å². The van der Waals surface area contributed by atoms with E-state index in [0.29, 0.717) is 12.2 Å². The first-order valence-electron chi connectivity index (χ1n) is 18.2. The quantitative estimate of drug-likeness (QED) is 0.0575. The molecule has 45 heavy (non-hydrogen) atoms. The van der Waals surface area contributed by atoms with Crippen molar-refractivity contribution < 1.29 is 39.8 Å². The molecule has 9 N–H and O–H groups in total. The summed E-state index contributed by atoms with van der Waals surface area (Å²) >= 11 is 0. The van der Waals surface area contributed by atoms with Crippen LogP contribution in [0.15, 0.2) is 0 Å². The second kappa shape index (κ2) is 26.3. The second-order valence-electron chi connectivity index (χ2n) is 13.6. The molecule has 268 valence electrons. The summed E-state index contributed by atoms with van der Waals surface area (Å²) in [4.78, 5) is 12.1. The number of unbranched alkanes of at least 4 members (excludes halogenated alkanes) is 16. The number of nitrogens with two attached hydrogens (primary N) is 2. The van der Waals surface area contributed by atoms with E-state index in [2.05, 4.69) is 0 Å². The van der Waals surface area contributed by atoms with Crippen molar-refractivity contribution in [1.82, 2.24) is 0 Å². The molecule has 0 aliphatic carbocycles. The lowest BCUT2D eigenvalue weighted by atomic mass is 9.98. The van der Waals surface area contributed by atoms with Gasteiger partial charge in [0.15, 0.2) is 6.29 Å². The van der Waals surface area contributed by atoms with Gasteiger partial charge in [0.2, 0.25) is 0 Å². The third kappa shape index (κ3) is 19.7. The molecule has 0 aromatic carbocycles. The molecule has 1 saturated heterocycles. The van der Waals surface area contributed by atoms with Crippen LogP contribution in [0.4, 0.5) is 0 Å². The van der Waals surface area contributed by atoms with Crippen molar-refractivity contribution in [2.45, 2.75) is 210 Å². The molecule has 1 heterocycles. The second-order valence-corrected chi connectivity index (χ2v) is 13.6. The smallest absolute Gasteiger partial charge is 0.187 e. The Morgan fingerprint density at radius 1 is 0.644 bits per heavy atom. The standard InChI is InChI=1S/C35H70N2O8/c1-26(36)29(40)23-19-15-12-11-14-18-22-28(39)21-17-13-9-7-5-3-4-6-8-10-16-20-24-30(27(2)37)44-35-34(43)33(42)32(41)31(25-38)45-35/h26-27,29-35,38,40-43H,3-25,36-37H2,1-2H3/t26-,27-,29-,30-,31-,32+,33+,34-,35-/m1/s1. The minimum absolute atomic E-state index is 0.148. The molecule has 0 bridgehead atoms. The number of ether oxygens (including phenoxy) is 2. The molecule has 0 amide bonds. The van der Waals surface area contributed by atoms with Gasteiger partial charge < -0.3 is 46.5 Å². The van der Waals surface area contributed by atoms with Crippen LogP contribution in [-0.4, -0.2) is 92.9 Å². The molecular weight excluding hydrogens is 576 g/mol. The van der Waals surface area contributed by atoms with Crippen LogP contribution in [-0.2, 0) is 14.3 Å². The van der Waals surface area contributed by atoms with E-state index in [0.717, 1.165) is 77.0 Å². The maximum absolute atomic E-state index is 12.1. The van der Waals surface area contributed by atoms with E-state index in [-0.39, 0.29) is 24.3 Å². The summed E-state index contributed by atoms with van der Waals surface area (Å²) in [5.41, 5.74) is 11.8. The third-order valence-corrected chi connectivity index (χ3v) is 9.25. The van der Waals surface area contributed by atoms with Crippen molar-refractivity contribution in [1.29, 1.82) is 0 Å². The third-order valence-electron chi connectivity index (χ3n) is 9.25. The highest BCUT2D eigenvalue weighted by atomic mass is 16.7. The highest BCUT2D eigenvalue weighted by Gasteiger charge is 2.45. The van der Waals surface area contributed by atoms with Gasteiger partial charge in [-0.1, -0.05) is 103 Å². The van der Waals surface area contributed by atoms with Crippen LogP contribution >= 0.6 is 0 Å². The van der Waals surface area contributed by atoms with Crippen molar-refractivity contribution in [2.24, 2.45) is 11.5 Å². The molecule has 1 fully saturated rings. The lowest BCUT2D eigenvalue weighted by Gasteiger charge is -2.41. The zero-order valence-electron chi connectivity index (χ0n) is 28.6. The maximum Gasteiger partial charge on any atom is 0.187 e. The molecule has 0 aromatic heterocycles. The van der Waals surface area contributed by atoms with Crippen LogP contribution < -0.4 is 11.5 Å². The molecule has 1 aliphatic rings. The monoisotopic (exact) mass is 647 g/mol. The number of aliphatic hydroxyl groups excluding tert-OH is 5. The number of aliphatic hydroxyl groups is 5. The number of ketones is 1. The largest absolute Gasteiger partial charge is 0.394 e. The van der Waals surface area contributed by atoms with Gasteiger partial charge in [-0.25, -0.2) is 0 Å². The maximum atomic E-state index is 12.1. The van der Waals surface area contributed by atoms with Gasteiger partial charge in [0.05, 0.1) is 18.8 Å². The average molecular weight is 647 g/mol. The van der Waals surface area contributed by atoms with Crippen LogP contribution in [0.5, 0.6) is 0 Å². The first-order valence-corrected chi connectivity index (χ1v) is 18.2. The predicted octanol–water partition coefficient (Wildman–Crippen LogP) is 4.38. The van der Waals surface area contributed by atoms with Crippen molar-refractivity contribution in [2.75, 3.05) is 6.61 Å². The number of rotatable bonds is 29. The van der Waals surface area contributed by atoms with Gasteiger partial charge in [0.1, 0.15) is 30.2 Å². The fourth-order valence-corrected chi connectivity index (χ4v) is 6.01. The van der Waals surface area contributed by atoms with Crippen molar-refractivity contribution in [3.05, 3.63) is 0 Å². The first-order chi connectivity index (χ1) is 21.6. The Bertz CT molecular complexity index is 711. The summed E-state index contributed by atoms with van der Waals surface area (Å²) < 4.78 is 11.3. The van der Waals surface area contributed by atoms with Crippen LogP contribution in [0.3, 0.4) is 0 Å². The zero-order chi connectivity index (χ0) is 33.5. The van der Waals surface area contributed by atoms with Crippen LogP contribution in [0.1, 0.15) is 155 Å². The normalized spacial score (nSPS) is 24.8. The number of carbonyl (C=O) groups is 1. The molecular formula is C35H70N2O8. The molecule has 0 unspecified atom stereocenters. The van der Waals surface area contributed by atoms with Crippen molar-refractivity contribution >= 4 is 5.78 Å². The fourth-order valence-electron chi connectivity index (χ4n) is 6.01. The van der Waals surface area contributed by atoms with Crippen molar-refractivity contribution in [3.8, 4) is 0 Å². The Kier molecular flexibility index (Phi) is 24.7. The molecule has 1 aliphatic heterocycles. The summed E-state index contributed by atoms with van der Waals surface area (Å²) in [6.45, 7) is 3.20. The lowest BCUT2D eigenvalue weighted by Crippen LogP contribution is -2.60. The van der Waals surface area contributed by atoms with Gasteiger partial charge in [-0.15, -0.1) is 0 Å². The van der Waals surface area contributed by atoms with E-state index in [1.807, 2.05) is 13.8 Å². The fraction of sp³-hybridized carbons (Fsp3) is 0.971.